The number of hydrogen-bond donors (Lipinski definition) is 2. The van der Waals surface area contributed by atoms with Crippen LogP contribution in [0.2, 0.25) is 0 Å². The first kappa shape index (κ1) is 22.6. The van der Waals surface area contributed by atoms with E-state index in [9.17, 15) is 0 Å². The van der Waals surface area contributed by atoms with Gasteiger partial charge < -0.3 is 24.8 Å². The average Bonchev–Trinajstić information content (AvgIpc) is 2.75. The molecule has 1 heterocycles. The highest BCUT2D eigenvalue weighted by atomic mass is 32.2. The van der Waals surface area contributed by atoms with Crippen molar-refractivity contribution in [1.82, 2.24) is 15.5 Å². The first-order chi connectivity index (χ1) is 13.7. The average molecular weight is 411 g/mol. The number of guanidine groups is 1. The Balaban J connectivity index is 2.09. The molecule has 2 rings (SSSR count). The molecular weight excluding hydrogens is 376 g/mol. The van der Waals surface area contributed by atoms with Crippen LogP contribution in [0.4, 0.5) is 0 Å². The normalized spacial score (nSPS) is 16.5. The van der Waals surface area contributed by atoms with Gasteiger partial charge >= 0.3 is 0 Å². The van der Waals surface area contributed by atoms with Crippen molar-refractivity contribution in [3.63, 3.8) is 0 Å². The molecule has 2 N–H and O–H groups in total. The van der Waals surface area contributed by atoms with E-state index in [0.29, 0.717) is 0 Å². The minimum absolute atomic E-state index is 0.188. The highest BCUT2D eigenvalue weighted by molar-refractivity contribution is 7.98. The van der Waals surface area contributed by atoms with E-state index in [0.717, 1.165) is 69.0 Å². The Labute approximate surface area is 173 Å². The number of morpholine rings is 1. The zero-order chi connectivity index (χ0) is 20.2. The summed E-state index contributed by atoms with van der Waals surface area (Å²) in [7, 11) is 5.14. The number of thioether (sulfide) groups is 1. The Bertz CT molecular complexity index is 609. The lowest BCUT2D eigenvalue weighted by atomic mass is 10.0. The summed E-state index contributed by atoms with van der Waals surface area (Å²) in [5, 5.41) is 6.88. The van der Waals surface area contributed by atoms with Gasteiger partial charge in [-0.1, -0.05) is 6.07 Å². The van der Waals surface area contributed by atoms with Gasteiger partial charge in [-0.05, 0) is 36.1 Å². The van der Waals surface area contributed by atoms with Gasteiger partial charge in [-0.3, -0.25) is 9.89 Å². The molecular formula is C20H34N4O3S. The van der Waals surface area contributed by atoms with Crippen molar-refractivity contribution in [2.24, 2.45) is 4.99 Å². The smallest absolute Gasteiger partial charge is 0.191 e. The lowest BCUT2D eigenvalue weighted by Gasteiger charge is -2.35. The number of nitrogens with zero attached hydrogens (tertiary/aromatic N) is 2. The monoisotopic (exact) mass is 410 g/mol. The van der Waals surface area contributed by atoms with E-state index in [1.807, 2.05) is 24.9 Å². The van der Waals surface area contributed by atoms with Gasteiger partial charge in [0.1, 0.15) is 0 Å². The summed E-state index contributed by atoms with van der Waals surface area (Å²) in [5.41, 5.74) is 1.19. The SMILES string of the molecule is CN=C(NCCCSC)NCC(c1ccc(OC)c(OC)c1)N1CCOCC1. The summed E-state index contributed by atoms with van der Waals surface area (Å²) in [6.07, 6.45) is 3.24. The minimum Gasteiger partial charge on any atom is -0.493 e. The van der Waals surface area contributed by atoms with Crippen LogP contribution in [0.25, 0.3) is 0 Å². The first-order valence-corrected chi connectivity index (χ1v) is 11.1. The number of benzene rings is 1. The van der Waals surface area contributed by atoms with E-state index in [1.165, 1.54) is 5.56 Å². The van der Waals surface area contributed by atoms with Crippen LogP contribution in [0.3, 0.4) is 0 Å². The Kier molecular flexibility index (Phi) is 10.3. The first-order valence-electron chi connectivity index (χ1n) is 9.70. The third-order valence-electron chi connectivity index (χ3n) is 4.78. The molecule has 28 heavy (non-hydrogen) atoms. The summed E-state index contributed by atoms with van der Waals surface area (Å²) in [5.74, 6) is 3.47. The summed E-state index contributed by atoms with van der Waals surface area (Å²) in [6.45, 7) is 4.98. The standard InChI is InChI=1S/C20H34N4O3S/c1-21-20(22-8-5-13-28-4)23-15-17(24-9-11-27-12-10-24)16-6-7-18(25-2)19(14-16)26-3/h6-7,14,17H,5,8-13,15H2,1-4H3,(H2,21,22,23). The minimum atomic E-state index is 0.188. The molecule has 0 aliphatic carbocycles. The Morgan fingerprint density at radius 3 is 2.61 bits per heavy atom. The van der Waals surface area contributed by atoms with E-state index in [2.05, 4.69) is 38.9 Å². The molecule has 0 aromatic heterocycles. The Morgan fingerprint density at radius 2 is 1.96 bits per heavy atom. The van der Waals surface area contributed by atoms with Gasteiger partial charge in [-0.15, -0.1) is 0 Å². The van der Waals surface area contributed by atoms with Crippen LogP contribution < -0.4 is 20.1 Å². The fraction of sp³-hybridized carbons (Fsp3) is 0.650. The van der Waals surface area contributed by atoms with Gasteiger partial charge in [-0.25, -0.2) is 0 Å². The van der Waals surface area contributed by atoms with Crippen LogP contribution in [0.1, 0.15) is 18.0 Å². The predicted octanol–water partition coefficient (Wildman–Crippen LogP) is 2.00. The summed E-state index contributed by atoms with van der Waals surface area (Å²) >= 11 is 1.86. The molecule has 1 saturated heterocycles. The third-order valence-corrected chi connectivity index (χ3v) is 5.48. The van der Waals surface area contributed by atoms with Crippen molar-refractivity contribution >= 4 is 17.7 Å². The van der Waals surface area contributed by atoms with Crippen LogP contribution in [-0.4, -0.2) is 83.5 Å². The van der Waals surface area contributed by atoms with Crippen molar-refractivity contribution in [2.75, 3.05) is 72.7 Å². The summed E-state index contributed by atoms with van der Waals surface area (Å²) in [4.78, 5) is 6.80. The molecule has 7 nitrogen and oxygen atoms in total. The maximum absolute atomic E-state index is 5.55. The molecule has 1 aliphatic rings. The predicted molar refractivity (Wildman–Crippen MR) is 117 cm³/mol. The maximum Gasteiger partial charge on any atom is 0.191 e. The highest BCUT2D eigenvalue weighted by Crippen LogP contribution is 2.32. The van der Waals surface area contributed by atoms with Gasteiger partial charge in [0, 0.05) is 33.2 Å². The van der Waals surface area contributed by atoms with E-state index >= 15 is 0 Å². The van der Waals surface area contributed by atoms with Gasteiger partial charge in [0.2, 0.25) is 0 Å². The summed E-state index contributed by atoms with van der Waals surface area (Å²) < 4.78 is 16.4. The van der Waals surface area contributed by atoms with E-state index in [4.69, 9.17) is 14.2 Å². The molecule has 0 bridgehead atoms. The van der Waals surface area contributed by atoms with Gasteiger partial charge in [-0.2, -0.15) is 11.8 Å². The molecule has 8 heteroatoms. The van der Waals surface area contributed by atoms with E-state index in [-0.39, 0.29) is 6.04 Å². The molecule has 0 spiro atoms. The van der Waals surface area contributed by atoms with Crippen molar-refractivity contribution in [3.8, 4) is 11.5 Å². The molecule has 1 unspecified atom stereocenters. The highest BCUT2D eigenvalue weighted by Gasteiger charge is 2.24. The Hall–Kier alpha value is -1.64. The topological polar surface area (TPSA) is 67.4 Å². The largest absolute Gasteiger partial charge is 0.493 e. The van der Waals surface area contributed by atoms with Crippen LogP contribution in [0.5, 0.6) is 11.5 Å². The van der Waals surface area contributed by atoms with Crippen molar-refractivity contribution in [2.45, 2.75) is 12.5 Å². The number of hydrogen-bond acceptors (Lipinski definition) is 6. The van der Waals surface area contributed by atoms with Crippen molar-refractivity contribution in [1.29, 1.82) is 0 Å². The molecule has 1 fully saturated rings. The number of rotatable bonds is 10. The second-order valence-corrected chi connectivity index (χ2v) is 7.49. The quantitative estimate of drug-likeness (QED) is 0.347. The second kappa shape index (κ2) is 12.7. The van der Waals surface area contributed by atoms with Crippen molar-refractivity contribution < 1.29 is 14.2 Å². The Morgan fingerprint density at radius 1 is 1.21 bits per heavy atom. The lowest BCUT2D eigenvalue weighted by molar-refractivity contribution is 0.0169. The van der Waals surface area contributed by atoms with Crippen LogP contribution in [0.15, 0.2) is 23.2 Å². The number of nitrogens with one attached hydrogen (secondary N) is 2. The number of aliphatic imine (C=N–C) groups is 1. The summed E-state index contributed by atoms with van der Waals surface area (Å²) in [6, 6.07) is 6.33. The second-order valence-electron chi connectivity index (χ2n) is 6.50. The fourth-order valence-corrected chi connectivity index (χ4v) is 3.68. The third kappa shape index (κ3) is 6.76. The number of ether oxygens (including phenoxy) is 3. The van der Waals surface area contributed by atoms with E-state index in [1.54, 1.807) is 14.2 Å². The molecule has 1 aromatic carbocycles. The van der Waals surface area contributed by atoms with Crippen molar-refractivity contribution in [3.05, 3.63) is 23.8 Å². The molecule has 1 aromatic rings. The molecule has 158 valence electrons. The molecule has 1 atom stereocenters. The number of methoxy groups -OCH3 is 2. The fourth-order valence-electron chi connectivity index (χ4n) is 3.24. The molecule has 0 radical (unpaired) electrons. The molecule has 0 saturated carbocycles. The van der Waals surface area contributed by atoms with Gasteiger partial charge in [0.15, 0.2) is 17.5 Å². The molecule has 1 aliphatic heterocycles. The van der Waals surface area contributed by atoms with Crippen LogP contribution >= 0.6 is 11.8 Å². The van der Waals surface area contributed by atoms with Crippen LogP contribution in [0, 0.1) is 0 Å². The van der Waals surface area contributed by atoms with Crippen LogP contribution in [-0.2, 0) is 4.74 Å². The van der Waals surface area contributed by atoms with Gasteiger partial charge in [0.05, 0.1) is 33.5 Å². The zero-order valence-corrected chi connectivity index (χ0v) is 18.3. The molecule has 0 amide bonds. The maximum atomic E-state index is 5.55. The zero-order valence-electron chi connectivity index (χ0n) is 17.5. The lowest BCUT2D eigenvalue weighted by Crippen LogP contribution is -2.46. The van der Waals surface area contributed by atoms with Gasteiger partial charge in [0.25, 0.3) is 0 Å². The van der Waals surface area contributed by atoms with E-state index < -0.39 is 0 Å².